The maximum Gasteiger partial charge on any atom is 0.345 e. The summed E-state index contributed by atoms with van der Waals surface area (Å²) in [4.78, 5) is 30.9. The minimum Gasteiger partial charge on any atom is -0.456 e. The van der Waals surface area contributed by atoms with Crippen molar-refractivity contribution in [2.24, 2.45) is 0 Å². The highest BCUT2D eigenvalue weighted by atomic mass is 16.5. The van der Waals surface area contributed by atoms with Gasteiger partial charge in [0, 0.05) is 6.92 Å². The summed E-state index contributed by atoms with van der Waals surface area (Å²) in [7, 11) is 0. The van der Waals surface area contributed by atoms with Crippen molar-refractivity contribution < 1.29 is 24.3 Å². The molecule has 0 aromatic heterocycles. The van der Waals surface area contributed by atoms with Crippen LogP contribution in [0, 0.1) is 0 Å². The van der Waals surface area contributed by atoms with Crippen LogP contribution >= 0.6 is 0 Å². The Morgan fingerprint density at radius 2 is 2.00 bits per heavy atom. The third-order valence-corrected chi connectivity index (χ3v) is 0.761. The summed E-state index contributed by atoms with van der Waals surface area (Å²) in [6, 6.07) is -1.08. The van der Waals surface area contributed by atoms with E-state index in [1.165, 1.54) is 5.48 Å². The van der Waals surface area contributed by atoms with E-state index >= 15 is 0 Å². The van der Waals surface area contributed by atoms with Gasteiger partial charge in [0.25, 0.3) is 5.91 Å². The van der Waals surface area contributed by atoms with Crippen molar-refractivity contribution in [3.63, 3.8) is 0 Å². The number of carbonyl (C=O) groups is 3. The second kappa shape index (κ2) is 5.08. The van der Waals surface area contributed by atoms with Gasteiger partial charge in [-0.25, -0.2) is 10.3 Å². The summed E-state index contributed by atoms with van der Waals surface area (Å²) in [6.45, 7) is 0.572. The van der Waals surface area contributed by atoms with Crippen molar-refractivity contribution in [2.75, 3.05) is 6.61 Å². The fourth-order valence-corrected chi connectivity index (χ4v) is 0.358. The standard InChI is InChI=1S/C5H8N2O5/c1-3(8)12-2-4(9)6-5(10)7-11/h11H,2H2,1H3,(H2,6,7,9,10). The van der Waals surface area contributed by atoms with Gasteiger partial charge >= 0.3 is 12.0 Å². The third-order valence-electron chi connectivity index (χ3n) is 0.761. The molecule has 0 aromatic rings. The molecule has 12 heavy (non-hydrogen) atoms. The second-order valence-corrected chi connectivity index (χ2v) is 1.77. The van der Waals surface area contributed by atoms with Crippen molar-refractivity contribution >= 4 is 17.9 Å². The molecule has 7 nitrogen and oxygen atoms in total. The Hall–Kier alpha value is -1.63. The number of rotatable bonds is 2. The Balaban J connectivity index is 3.60. The molecule has 0 saturated carbocycles. The van der Waals surface area contributed by atoms with Crippen LogP contribution < -0.4 is 10.8 Å². The first-order chi connectivity index (χ1) is 5.56. The first kappa shape index (κ1) is 10.4. The maximum atomic E-state index is 10.6. The number of urea groups is 1. The molecule has 0 atom stereocenters. The molecule has 0 bridgehead atoms. The van der Waals surface area contributed by atoms with E-state index < -0.39 is 24.5 Å². The SMILES string of the molecule is CC(=O)OCC(=O)NC(=O)NO. The lowest BCUT2D eigenvalue weighted by Gasteiger charge is -2.01. The number of amides is 3. The van der Waals surface area contributed by atoms with Crippen LogP contribution in [-0.2, 0) is 14.3 Å². The Kier molecular flexibility index (Phi) is 4.39. The van der Waals surface area contributed by atoms with Gasteiger partial charge in [-0.3, -0.25) is 20.1 Å². The van der Waals surface area contributed by atoms with Crippen molar-refractivity contribution in [1.82, 2.24) is 10.8 Å². The van der Waals surface area contributed by atoms with Crippen LogP contribution in [0.2, 0.25) is 0 Å². The first-order valence-electron chi connectivity index (χ1n) is 2.93. The van der Waals surface area contributed by atoms with Gasteiger partial charge in [-0.2, -0.15) is 0 Å². The van der Waals surface area contributed by atoms with E-state index in [0.29, 0.717) is 0 Å². The van der Waals surface area contributed by atoms with Crippen molar-refractivity contribution in [3.8, 4) is 0 Å². The molecule has 7 heteroatoms. The van der Waals surface area contributed by atoms with E-state index in [1.54, 1.807) is 5.32 Å². The summed E-state index contributed by atoms with van der Waals surface area (Å²) in [5.74, 6) is -1.45. The molecule has 3 amide bonds. The molecule has 0 aliphatic heterocycles. The summed E-state index contributed by atoms with van der Waals surface area (Å²) in [5, 5.41) is 9.61. The summed E-state index contributed by atoms with van der Waals surface area (Å²) in [5.41, 5.74) is 1.17. The highest BCUT2D eigenvalue weighted by Gasteiger charge is 2.06. The van der Waals surface area contributed by atoms with Crippen LogP contribution in [0.3, 0.4) is 0 Å². The van der Waals surface area contributed by atoms with Gasteiger partial charge in [0.05, 0.1) is 0 Å². The van der Waals surface area contributed by atoms with Gasteiger partial charge < -0.3 is 4.74 Å². The van der Waals surface area contributed by atoms with Gasteiger partial charge in [-0.15, -0.1) is 0 Å². The topological polar surface area (TPSA) is 105 Å². The number of hydrogen-bond acceptors (Lipinski definition) is 5. The minimum absolute atomic E-state index is 0.553. The molecule has 0 radical (unpaired) electrons. The Bertz CT molecular complexity index is 202. The molecule has 0 aliphatic rings. The third kappa shape index (κ3) is 5.18. The van der Waals surface area contributed by atoms with Crippen molar-refractivity contribution in [2.45, 2.75) is 6.92 Å². The molecule has 0 heterocycles. The summed E-state index contributed by atoms with van der Waals surface area (Å²) in [6.07, 6.45) is 0. The van der Waals surface area contributed by atoms with Crippen LogP contribution in [0.4, 0.5) is 4.79 Å². The monoisotopic (exact) mass is 176 g/mol. The Morgan fingerprint density at radius 3 is 2.42 bits per heavy atom. The van der Waals surface area contributed by atoms with Gasteiger partial charge in [-0.1, -0.05) is 0 Å². The quantitative estimate of drug-likeness (QED) is 0.277. The number of ether oxygens (including phenoxy) is 1. The molecule has 0 aliphatic carbocycles. The zero-order chi connectivity index (χ0) is 9.56. The minimum atomic E-state index is -1.08. The van der Waals surface area contributed by atoms with Crippen LogP contribution in [0.5, 0.6) is 0 Å². The highest BCUT2D eigenvalue weighted by molar-refractivity contribution is 5.94. The van der Waals surface area contributed by atoms with E-state index in [0.717, 1.165) is 6.92 Å². The van der Waals surface area contributed by atoms with E-state index in [2.05, 4.69) is 4.74 Å². The second-order valence-electron chi connectivity index (χ2n) is 1.77. The summed E-state index contributed by atoms with van der Waals surface area (Å²) < 4.78 is 4.24. The van der Waals surface area contributed by atoms with Crippen LogP contribution in [0.15, 0.2) is 0 Å². The van der Waals surface area contributed by atoms with Gasteiger partial charge in [0.15, 0.2) is 6.61 Å². The fourth-order valence-electron chi connectivity index (χ4n) is 0.358. The molecule has 0 unspecified atom stereocenters. The van der Waals surface area contributed by atoms with Crippen molar-refractivity contribution in [1.29, 1.82) is 0 Å². The lowest BCUT2D eigenvalue weighted by atomic mass is 10.6. The molecular weight excluding hydrogens is 168 g/mol. The lowest BCUT2D eigenvalue weighted by Crippen LogP contribution is -2.39. The predicted molar refractivity (Wildman–Crippen MR) is 35.1 cm³/mol. The number of esters is 1. The molecule has 0 saturated heterocycles. The molecule has 0 fully saturated rings. The number of nitrogens with one attached hydrogen (secondary N) is 2. The first-order valence-corrected chi connectivity index (χ1v) is 2.93. The van der Waals surface area contributed by atoms with Gasteiger partial charge in [0.2, 0.25) is 0 Å². The smallest absolute Gasteiger partial charge is 0.345 e. The van der Waals surface area contributed by atoms with E-state index in [1.807, 2.05) is 0 Å². The van der Waals surface area contributed by atoms with E-state index in [-0.39, 0.29) is 0 Å². The zero-order valence-electron chi connectivity index (χ0n) is 6.29. The Labute approximate surface area is 67.6 Å². The van der Waals surface area contributed by atoms with E-state index in [9.17, 15) is 14.4 Å². The highest BCUT2D eigenvalue weighted by Crippen LogP contribution is 1.75. The number of hydrogen-bond donors (Lipinski definition) is 3. The maximum absolute atomic E-state index is 10.6. The van der Waals surface area contributed by atoms with Crippen LogP contribution in [0.25, 0.3) is 0 Å². The Morgan fingerprint density at radius 1 is 1.42 bits per heavy atom. The predicted octanol–water partition coefficient (Wildman–Crippen LogP) is -1.24. The molecule has 0 aromatic carbocycles. The zero-order valence-corrected chi connectivity index (χ0v) is 6.29. The molecule has 3 N–H and O–H groups in total. The van der Waals surface area contributed by atoms with Crippen LogP contribution in [-0.4, -0.2) is 29.7 Å². The molecule has 0 spiro atoms. The van der Waals surface area contributed by atoms with Crippen molar-refractivity contribution in [3.05, 3.63) is 0 Å². The fraction of sp³-hybridized carbons (Fsp3) is 0.400. The largest absolute Gasteiger partial charge is 0.456 e. The normalized spacial score (nSPS) is 8.50. The number of hydroxylamine groups is 1. The van der Waals surface area contributed by atoms with Gasteiger partial charge in [-0.05, 0) is 0 Å². The summed E-state index contributed by atoms with van der Waals surface area (Å²) >= 11 is 0. The average molecular weight is 176 g/mol. The number of carbonyl (C=O) groups excluding carboxylic acids is 3. The lowest BCUT2D eigenvalue weighted by molar-refractivity contribution is -0.146. The molecule has 68 valence electrons. The molecular formula is C5H8N2O5. The van der Waals surface area contributed by atoms with Crippen LogP contribution in [0.1, 0.15) is 6.92 Å². The van der Waals surface area contributed by atoms with Gasteiger partial charge in [0.1, 0.15) is 0 Å². The number of imide groups is 1. The molecule has 0 rings (SSSR count). The van der Waals surface area contributed by atoms with E-state index in [4.69, 9.17) is 5.21 Å². The average Bonchev–Trinajstić information content (AvgIpc) is 2.00.